The Hall–Kier alpha value is -0.880. The van der Waals surface area contributed by atoms with Crippen LogP contribution in [0, 0.1) is 0 Å². The molecule has 0 saturated heterocycles. The van der Waals surface area contributed by atoms with E-state index >= 15 is 0 Å². The highest BCUT2D eigenvalue weighted by molar-refractivity contribution is 8.15. The van der Waals surface area contributed by atoms with Gasteiger partial charge in [0.2, 0.25) is 5.78 Å². The number of carbonyl (C=O) groups excluding carboxylic acids is 2. The number of Topliss-reactive ketones (excluding diaryl/α,β-unsaturated/α-hetero) is 1. The molecule has 0 aliphatic heterocycles. The second-order valence-corrected chi connectivity index (χ2v) is 3.49. The molecule has 0 amide bonds. The average Bonchev–Trinajstić information content (AvgIpc) is 2.20. The first-order chi connectivity index (χ1) is 6.95. The van der Waals surface area contributed by atoms with Crippen molar-refractivity contribution in [3.05, 3.63) is 0 Å². The summed E-state index contributed by atoms with van der Waals surface area (Å²) < 4.78 is 0. The maximum atomic E-state index is 10.7. The molecule has 15 heavy (non-hydrogen) atoms. The van der Waals surface area contributed by atoms with E-state index in [0.29, 0.717) is 0 Å². The van der Waals surface area contributed by atoms with Crippen LogP contribution < -0.4 is 5.73 Å². The van der Waals surface area contributed by atoms with Gasteiger partial charge in [0.05, 0.1) is 0 Å². The van der Waals surface area contributed by atoms with E-state index in [-0.39, 0.29) is 12.2 Å². The third kappa shape index (κ3) is 9.42. The Balaban J connectivity index is 0. The fourth-order valence-electron chi connectivity index (χ4n) is 0.504. The van der Waals surface area contributed by atoms with Gasteiger partial charge in [-0.2, -0.15) is 0 Å². The van der Waals surface area contributed by atoms with E-state index in [2.05, 4.69) is 0 Å². The highest BCUT2D eigenvalue weighted by atomic mass is 32.2. The number of carbonyl (C=O) groups is 3. The Morgan fingerprint density at radius 1 is 1.33 bits per heavy atom. The van der Waals surface area contributed by atoms with Crippen molar-refractivity contribution < 1.29 is 19.5 Å². The third-order valence-corrected chi connectivity index (χ3v) is 2.26. The minimum absolute atomic E-state index is 0.180. The van der Waals surface area contributed by atoms with Gasteiger partial charge in [-0.05, 0) is 6.42 Å². The molecule has 6 heteroatoms. The summed E-state index contributed by atoms with van der Waals surface area (Å²) in [5.41, 5.74) is 5.17. The maximum absolute atomic E-state index is 10.7. The summed E-state index contributed by atoms with van der Waals surface area (Å²) in [5, 5.41) is 7.81. The first-order valence-corrected chi connectivity index (χ1v) is 5.59. The number of ketones is 1. The number of nitrogens with two attached hydrogens (primary N) is 1. The zero-order chi connectivity index (χ0) is 12.4. The third-order valence-electron chi connectivity index (χ3n) is 1.27. The number of thioether (sulfide) groups is 1. The average molecular weight is 235 g/mol. The summed E-state index contributed by atoms with van der Waals surface area (Å²) in [6, 6.07) is -0.966. The SMILES string of the molecule is CC.CC(=O)C(=O)SCCC(N)C(=O)O. The number of carboxylic acids is 1. The van der Waals surface area contributed by atoms with Crippen LogP contribution in [0.3, 0.4) is 0 Å². The second kappa shape index (κ2) is 9.67. The van der Waals surface area contributed by atoms with E-state index in [0.717, 1.165) is 11.8 Å². The van der Waals surface area contributed by atoms with Gasteiger partial charge in [0.1, 0.15) is 6.04 Å². The Kier molecular flexibility index (Phi) is 10.7. The summed E-state index contributed by atoms with van der Waals surface area (Å²) in [5.74, 6) is -1.38. The zero-order valence-corrected chi connectivity index (χ0v) is 9.97. The molecule has 1 atom stereocenters. The van der Waals surface area contributed by atoms with E-state index in [9.17, 15) is 14.4 Å². The molecule has 0 radical (unpaired) electrons. The molecular formula is C9H17NO4S. The topological polar surface area (TPSA) is 97.5 Å². The lowest BCUT2D eigenvalue weighted by molar-refractivity contribution is -0.138. The molecule has 0 saturated carbocycles. The minimum atomic E-state index is -1.10. The summed E-state index contributed by atoms with van der Waals surface area (Å²) in [6.07, 6.45) is 0.180. The summed E-state index contributed by atoms with van der Waals surface area (Å²) in [7, 11) is 0. The molecule has 0 aromatic rings. The summed E-state index contributed by atoms with van der Waals surface area (Å²) in [6.45, 7) is 5.17. The molecule has 0 heterocycles. The van der Waals surface area contributed by atoms with Crippen LogP contribution in [0.1, 0.15) is 27.2 Å². The van der Waals surface area contributed by atoms with Gasteiger partial charge in [-0.15, -0.1) is 0 Å². The minimum Gasteiger partial charge on any atom is -0.480 e. The molecule has 0 fully saturated rings. The smallest absolute Gasteiger partial charge is 0.320 e. The maximum Gasteiger partial charge on any atom is 0.320 e. The first-order valence-electron chi connectivity index (χ1n) is 4.61. The van der Waals surface area contributed by atoms with Crippen LogP contribution in [0.4, 0.5) is 0 Å². The molecule has 0 aliphatic carbocycles. The lowest BCUT2D eigenvalue weighted by Crippen LogP contribution is -2.30. The highest BCUT2D eigenvalue weighted by Crippen LogP contribution is 2.06. The largest absolute Gasteiger partial charge is 0.480 e. The predicted molar refractivity (Wildman–Crippen MR) is 59.7 cm³/mol. The molecule has 1 unspecified atom stereocenters. The van der Waals surface area contributed by atoms with E-state index in [1.54, 1.807) is 0 Å². The van der Waals surface area contributed by atoms with E-state index in [1.807, 2.05) is 13.8 Å². The van der Waals surface area contributed by atoms with Crippen molar-refractivity contribution in [1.82, 2.24) is 0 Å². The van der Waals surface area contributed by atoms with E-state index < -0.39 is 22.9 Å². The van der Waals surface area contributed by atoms with Crippen LogP contribution in [0.25, 0.3) is 0 Å². The fourth-order valence-corrected chi connectivity index (χ4v) is 1.26. The molecule has 0 spiro atoms. The van der Waals surface area contributed by atoms with Crippen molar-refractivity contribution in [1.29, 1.82) is 0 Å². The van der Waals surface area contributed by atoms with Crippen molar-refractivity contribution in [2.75, 3.05) is 5.75 Å². The van der Waals surface area contributed by atoms with Gasteiger partial charge in [-0.25, -0.2) is 0 Å². The molecular weight excluding hydrogens is 218 g/mol. The monoisotopic (exact) mass is 235 g/mol. The Labute approximate surface area is 93.4 Å². The van der Waals surface area contributed by atoms with Gasteiger partial charge in [-0.1, -0.05) is 25.6 Å². The van der Waals surface area contributed by atoms with E-state index in [4.69, 9.17) is 10.8 Å². The summed E-state index contributed by atoms with van der Waals surface area (Å²) in [4.78, 5) is 31.4. The predicted octanol–water partition coefficient (Wildman–Crippen LogP) is 0.663. The fraction of sp³-hybridized carbons (Fsp3) is 0.667. The first kappa shape index (κ1) is 16.5. The molecule has 0 aromatic carbocycles. The molecule has 88 valence electrons. The molecule has 0 rings (SSSR count). The number of hydrogen-bond donors (Lipinski definition) is 2. The molecule has 0 aromatic heterocycles. The zero-order valence-electron chi connectivity index (χ0n) is 9.15. The van der Waals surface area contributed by atoms with Crippen LogP contribution >= 0.6 is 11.8 Å². The van der Waals surface area contributed by atoms with Crippen LogP contribution in [-0.4, -0.2) is 33.8 Å². The second-order valence-electron chi connectivity index (χ2n) is 2.43. The standard InChI is InChI=1S/C7H11NO4S.C2H6/c1-4(9)7(12)13-3-2-5(8)6(10)11;1-2/h5H,2-3,8H2,1H3,(H,10,11);1-2H3. The lowest BCUT2D eigenvalue weighted by atomic mass is 10.2. The van der Waals surface area contributed by atoms with Crippen molar-refractivity contribution >= 4 is 28.6 Å². The molecule has 5 nitrogen and oxygen atoms in total. The normalized spacial score (nSPS) is 10.9. The van der Waals surface area contributed by atoms with Crippen molar-refractivity contribution in [2.24, 2.45) is 5.73 Å². The lowest BCUT2D eigenvalue weighted by Gasteiger charge is -2.03. The van der Waals surface area contributed by atoms with Gasteiger partial charge in [0, 0.05) is 12.7 Å². The van der Waals surface area contributed by atoms with Crippen molar-refractivity contribution in [2.45, 2.75) is 33.2 Å². The molecule has 0 bridgehead atoms. The van der Waals surface area contributed by atoms with Gasteiger partial charge in [0.25, 0.3) is 5.12 Å². The number of aliphatic carboxylic acids is 1. The van der Waals surface area contributed by atoms with Crippen LogP contribution in [0.2, 0.25) is 0 Å². The van der Waals surface area contributed by atoms with Gasteiger partial charge in [-0.3, -0.25) is 14.4 Å². The van der Waals surface area contributed by atoms with Gasteiger partial charge >= 0.3 is 5.97 Å². The quantitative estimate of drug-likeness (QED) is 0.679. The Bertz CT molecular complexity index is 230. The number of hydrogen-bond acceptors (Lipinski definition) is 5. The van der Waals surface area contributed by atoms with Crippen molar-refractivity contribution in [3.63, 3.8) is 0 Å². The van der Waals surface area contributed by atoms with Gasteiger partial charge < -0.3 is 10.8 Å². The molecule has 0 aliphatic rings. The Morgan fingerprint density at radius 3 is 2.13 bits per heavy atom. The highest BCUT2D eigenvalue weighted by Gasteiger charge is 2.13. The number of carboxylic acid groups (broad SMARTS) is 1. The Morgan fingerprint density at radius 2 is 1.80 bits per heavy atom. The summed E-state index contributed by atoms with van der Waals surface area (Å²) >= 11 is 0.798. The van der Waals surface area contributed by atoms with Crippen LogP contribution in [0.5, 0.6) is 0 Å². The van der Waals surface area contributed by atoms with Crippen LogP contribution in [0.15, 0.2) is 0 Å². The number of rotatable bonds is 5. The van der Waals surface area contributed by atoms with Crippen LogP contribution in [-0.2, 0) is 14.4 Å². The van der Waals surface area contributed by atoms with Gasteiger partial charge in [0.15, 0.2) is 0 Å². The van der Waals surface area contributed by atoms with Crippen molar-refractivity contribution in [3.8, 4) is 0 Å². The van der Waals surface area contributed by atoms with E-state index in [1.165, 1.54) is 6.92 Å². The molecule has 3 N–H and O–H groups in total.